The van der Waals surface area contributed by atoms with Crippen LogP contribution in [0.5, 0.6) is 0 Å². The Labute approximate surface area is 172 Å². The smallest absolute Gasteiger partial charge is 0.356 e. The molecular formula is C20H22F4N2O3S. The summed E-state index contributed by atoms with van der Waals surface area (Å²) < 4.78 is 75.9. The topological polar surface area (TPSA) is 66.5 Å². The van der Waals surface area contributed by atoms with Crippen LogP contribution >= 0.6 is 0 Å². The molecule has 0 aliphatic rings. The molecule has 2 rings (SSSR count). The maximum Gasteiger partial charge on any atom is 0.416 e. The van der Waals surface area contributed by atoms with Crippen LogP contribution in [0.2, 0.25) is 0 Å². The Morgan fingerprint density at radius 3 is 2.17 bits per heavy atom. The van der Waals surface area contributed by atoms with Crippen molar-refractivity contribution in [2.45, 2.75) is 25.4 Å². The van der Waals surface area contributed by atoms with Crippen LogP contribution in [0.25, 0.3) is 0 Å². The predicted octanol–water partition coefficient (Wildman–Crippen LogP) is 3.75. The highest BCUT2D eigenvalue weighted by Gasteiger charge is 2.30. The minimum Gasteiger partial charge on any atom is -0.356 e. The molecule has 0 aliphatic heterocycles. The number of anilines is 1. The van der Waals surface area contributed by atoms with Crippen molar-refractivity contribution in [3.63, 3.8) is 0 Å². The summed E-state index contributed by atoms with van der Waals surface area (Å²) in [5, 5.41) is 2.70. The molecule has 0 spiro atoms. The minimum absolute atomic E-state index is 0.0461. The molecule has 0 heterocycles. The fourth-order valence-electron chi connectivity index (χ4n) is 2.77. The number of hydrogen-bond acceptors (Lipinski definition) is 3. The zero-order valence-corrected chi connectivity index (χ0v) is 17.1. The Hall–Kier alpha value is -2.62. The number of carbonyl (C=O) groups excluding carboxylic acids is 1. The Balaban J connectivity index is 1.86. The monoisotopic (exact) mass is 446 g/mol. The van der Waals surface area contributed by atoms with Crippen molar-refractivity contribution in [3.05, 3.63) is 65.5 Å². The predicted molar refractivity (Wildman–Crippen MR) is 106 cm³/mol. The number of carbonyl (C=O) groups is 1. The van der Waals surface area contributed by atoms with Crippen LogP contribution in [0.4, 0.5) is 23.2 Å². The molecule has 30 heavy (non-hydrogen) atoms. The third-order valence-corrected chi connectivity index (χ3v) is 5.49. The van der Waals surface area contributed by atoms with Gasteiger partial charge in [0.05, 0.1) is 17.5 Å². The Morgan fingerprint density at radius 2 is 1.63 bits per heavy atom. The molecule has 2 aromatic rings. The third-order valence-electron chi connectivity index (χ3n) is 4.30. The first-order valence-electron chi connectivity index (χ1n) is 9.13. The average molecular weight is 446 g/mol. The lowest BCUT2D eigenvalue weighted by molar-refractivity contribution is -0.137. The summed E-state index contributed by atoms with van der Waals surface area (Å²) in [6, 6.07) is 9.71. The molecular weight excluding hydrogens is 424 g/mol. The van der Waals surface area contributed by atoms with Crippen molar-refractivity contribution in [3.8, 4) is 0 Å². The van der Waals surface area contributed by atoms with Gasteiger partial charge in [0.25, 0.3) is 0 Å². The van der Waals surface area contributed by atoms with Gasteiger partial charge in [0.1, 0.15) is 5.82 Å². The molecule has 0 unspecified atom stereocenters. The van der Waals surface area contributed by atoms with Crippen molar-refractivity contribution in [2.75, 3.05) is 23.7 Å². The lowest BCUT2D eigenvalue weighted by Gasteiger charge is -2.22. The first-order chi connectivity index (χ1) is 14.0. The Morgan fingerprint density at radius 1 is 1.03 bits per heavy atom. The van der Waals surface area contributed by atoms with E-state index >= 15 is 0 Å². The highest BCUT2D eigenvalue weighted by atomic mass is 32.2. The molecule has 0 saturated carbocycles. The largest absolute Gasteiger partial charge is 0.416 e. The van der Waals surface area contributed by atoms with Gasteiger partial charge < -0.3 is 5.32 Å². The van der Waals surface area contributed by atoms with Crippen molar-refractivity contribution in [1.29, 1.82) is 0 Å². The van der Waals surface area contributed by atoms with Gasteiger partial charge in [0.15, 0.2) is 0 Å². The van der Waals surface area contributed by atoms with Crippen LogP contribution in [-0.2, 0) is 27.4 Å². The number of nitrogens with one attached hydrogen (secondary N) is 1. The summed E-state index contributed by atoms with van der Waals surface area (Å²) in [7, 11) is -3.73. The van der Waals surface area contributed by atoms with Gasteiger partial charge in [-0.05, 0) is 54.8 Å². The molecule has 0 saturated heterocycles. The van der Waals surface area contributed by atoms with Gasteiger partial charge in [-0.25, -0.2) is 12.8 Å². The first-order valence-corrected chi connectivity index (χ1v) is 11.0. The molecule has 0 atom stereocenters. The Kier molecular flexibility index (Phi) is 7.83. The van der Waals surface area contributed by atoms with E-state index in [4.69, 9.17) is 0 Å². The minimum atomic E-state index is -4.51. The fourth-order valence-corrected chi connectivity index (χ4v) is 3.74. The summed E-state index contributed by atoms with van der Waals surface area (Å²) in [5.74, 6) is -0.621. The number of hydrogen-bond donors (Lipinski definition) is 1. The summed E-state index contributed by atoms with van der Waals surface area (Å²) in [6.07, 6.45) is -2.80. The number of alkyl halides is 3. The fraction of sp³-hybridized carbons (Fsp3) is 0.350. The van der Waals surface area contributed by atoms with E-state index in [9.17, 15) is 30.8 Å². The molecule has 2 aromatic carbocycles. The number of rotatable bonds is 9. The second-order valence-electron chi connectivity index (χ2n) is 6.71. The van der Waals surface area contributed by atoms with E-state index in [1.165, 1.54) is 12.1 Å². The number of sulfonamides is 1. The van der Waals surface area contributed by atoms with Gasteiger partial charge in [0, 0.05) is 19.5 Å². The van der Waals surface area contributed by atoms with Gasteiger partial charge in [-0.3, -0.25) is 9.10 Å². The molecule has 0 radical (unpaired) electrons. The SMILES string of the molecule is CS(=O)(=O)N(CCCC(=O)NCCc1ccc(F)cc1)c1ccc(C(F)(F)F)cc1. The van der Waals surface area contributed by atoms with Gasteiger partial charge in [0.2, 0.25) is 15.9 Å². The lowest BCUT2D eigenvalue weighted by Crippen LogP contribution is -2.32. The van der Waals surface area contributed by atoms with Gasteiger partial charge in [-0.15, -0.1) is 0 Å². The number of benzene rings is 2. The zero-order valence-electron chi connectivity index (χ0n) is 16.2. The second-order valence-corrected chi connectivity index (χ2v) is 8.62. The van der Waals surface area contributed by atoms with Crippen LogP contribution in [-0.4, -0.2) is 33.7 Å². The quantitative estimate of drug-likeness (QED) is 0.597. The first kappa shape index (κ1) is 23.7. The number of amides is 1. The number of nitrogens with zero attached hydrogens (tertiary/aromatic N) is 1. The molecule has 0 aromatic heterocycles. The standard InChI is InChI=1S/C20H22F4N2O3S/c1-30(28,29)26(18-10-6-16(7-11-18)20(22,23)24)14-2-3-19(27)25-13-12-15-4-8-17(21)9-5-15/h4-11H,2-3,12-14H2,1H3,(H,25,27). The van der Waals surface area contributed by atoms with Gasteiger partial charge >= 0.3 is 6.18 Å². The molecule has 0 aliphatic carbocycles. The van der Waals surface area contributed by atoms with E-state index in [0.717, 1.165) is 40.4 Å². The van der Waals surface area contributed by atoms with Gasteiger partial charge in [-0.2, -0.15) is 13.2 Å². The maximum atomic E-state index is 12.9. The molecule has 0 bridgehead atoms. The van der Waals surface area contributed by atoms with Crippen molar-refractivity contribution >= 4 is 21.6 Å². The summed E-state index contributed by atoms with van der Waals surface area (Å²) >= 11 is 0. The molecule has 1 amide bonds. The highest BCUT2D eigenvalue weighted by Crippen LogP contribution is 2.31. The second kappa shape index (κ2) is 9.92. The van der Waals surface area contributed by atoms with Crippen molar-refractivity contribution in [1.82, 2.24) is 5.32 Å². The van der Waals surface area contributed by atoms with E-state index < -0.39 is 21.8 Å². The van der Waals surface area contributed by atoms with E-state index in [1.807, 2.05) is 0 Å². The molecule has 5 nitrogen and oxygen atoms in total. The van der Waals surface area contributed by atoms with E-state index in [0.29, 0.717) is 13.0 Å². The normalized spacial score (nSPS) is 11.9. The summed E-state index contributed by atoms with van der Waals surface area (Å²) in [6.45, 7) is 0.300. The highest BCUT2D eigenvalue weighted by molar-refractivity contribution is 7.92. The van der Waals surface area contributed by atoms with Crippen LogP contribution in [0, 0.1) is 5.82 Å². The third kappa shape index (κ3) is 7.33. The summed E-state index contributed by atoms with van der Waals surface area (Å²) in [4.78, 5) is 11.9. The van der Waals surface area contributed by atoms with Gasteiger partial charge in [-0.1, -0.05) is 12.1 Å². The zero-order chi connectivity index (χ0) is 22.4. The van der Waals surface area contributed by atoms with Crippen molar-refractivity contribution in [2.24, 2.45) is 0 Å². The van der Waals surface area contributed by atoms with E-state index in [-0.39, 0.29) is 36.8 Å². The van der Waals surface area contributed by atoms with Crippen LogP contribution in [0.3, 0.4) is 0 Å². The maximum absolute atomic E-state index is 12.9. The van der Waals surface area contributed by atoms with Crippen LogP contribution in [0.15, 0.2) is 48.5 Å². The van der Waals surface area contributed by atoms with E-state index in [2.05, 4.69) is 5.32 Å². The van der Waals surface area contributed by atoms with Crippen LogP contribution in [0.1, 0.15) is 24.0 Å². The number of halogens is 4. The molecule has 1 N–H and O–H groups in total. The Bertz CT molecular complexity index is 944. The molecule has 164 valence electrons. The lowest BCUT2D eigenvalue weighted by atomic mass is 10.1. The van der Waals surface area contributed by atoms with Crippen LogP contribution < -0.4 is 9.62 Å². The molecule has 0 fully saturated rings. The van der Waals surface area contributed by atoms with E-state index in [1.54, 1.807) is 12.1 Å². The van der Waals surface area contributed by atoms with Crippen molar-refractivity contribution < 1.29 is 30.8 Å². The summed E-state index contributed by atoms with van der Waals surface area (Å²) in [5.41, 5.74) is 0.0877. The molecule has 10 heteroatoms. The average Bonchev–Trinajstić information content (AvgIpc) is 2.65.